The zero-order valence-corrected chi connectivity index (χ0v) is 56.9. The Kier molecular flexibility index (Phi) is 27.6. The summed E-state index contributed by atoms with van der Waals surface area (Å²) in [4.78, 5) is 47.6. The summed E-state index contributed by atoms with van der Waals surface area (Å²) in [6.45, 7) is 13.1. The van der Waals surface area contributed by atoms with Crippen molar-refractivity contribution in [1.82, 2.24) is 54.4 Å². The minimum atomic E-state index is -0.580. The molecule has 2 aromatic carbocycles. The molecule has 500 valence electrons. The smallest absolute Gasteiger partial charge is 0.493 e. The predicted octanol–water partition coefficient (Wildman–Crippen LogP) is 10.4. The van der Waals surface area contributed by atoms with Gasteiger partial charge in [-0.3, -0.25) is 9.59 Å². The van der Waals surface area contributed by atoms with E-state index < -0.39 is 24.3 Å². The topological polar surface area (TPSA) is 287 Å². The van der Waals surface area contributed by atoms with Crippen LogP contribution in [-0.4, -0.2) is 164 Å². The molecular formula is C66H75BBr2FN13O12. The molecule has 4 bridgehead atoms. The summed E-state index contributed by atoms with van der Waals surface area (Å²) in [6, 6.07) is 32.2. The van der Waals surface area contributed by atoms with Crippen molar-refractivity contribution in [3.63, 3.8) is 0 Å². The number of hydrogen-bond donors (Lipinski definition) is 3. The largest absolute Gasteiger partial charge is 0.494 e. The Balaban J connectivity index is 0.000000179. The summed E-state index contributed by atoms with van der Waals surface area (Å²) in [5.74, 6) is 3.23. The predicted molar refractivity (Wildman–Crippen MR) is 361 cm³/mol. The second kappa shape index (κ2) is 36.3. The van der Waals surface area contributed by atoms with Gasteiger partial charge in [-0.1, -0.05) is 24.3 Å². The molecule has 12 rings (SSSR count). The third-order valence-electron chi connectivity index (χ3n) is 14.6. The molecule has 9 aromatic rings. The zero-order chi connectivity index (χ0) is 67.6. The lowest BCUT2D eigenvalue weighted by Gasteiger charge is -2.32. The fraction of sp³-hybridized carbons (Fsp3) is 0.348. The molecule has 0 aliphatic carbocycles. The molecule has 29 heteroatoms. The fourth-order valence-electron chi connectivity index (χ4n) is 8.97. The lowest BCUT2D eigenvalue weighted by atomic mass is 9.78. The molecule has 0 unspecified atom stereocenters. The van der Waals surface area contributed by atoms with Crippen molar-refractivity contribution in [3.05, 3.63) is 166 Å². The van der Waals surface area contributed by atoms with Gasteiger partial charge >= 0.3 is 7.12 Å². The highest BCUT2D eigenvalue weighted by atomic mass is 79.9. The number of hydrogen-bond acceptors (Lipinski definition) is 21. The number of aromatic nitrogens is 11. The van der Waals surface area contributed by atoms with Crippen molar-refractivity contribution in [1.29, 1.82) is 0 Å². The first-order valence-corrected chi connectivity index (χ1v) is 32.0. The van der Waals surface area contributed by atoms with E-state index in [4.69, 9.17) is 42.8 Å². The highest BCUT2D eigenvalue weighted by Crippen LogP contribution is 2.37. The third-order valence-corrected chi connectivity index (χ3v) is 15.5. The molecule has 3 aliphatic heterocycles. The van der Waals surface area contributed by atoms with Crippen LogP contribution in [0.5, 0.6) is 23.3 Å². The molecular weight excluding hydrogens is 1360 g/mol. The van der Waals surface area contributed by atoms with Gasteiger partial charge in [-0.25, -0.2) is 24.9 Å². The van der Waals surface area contributed by atoms with Crippen LogP contribution >= 0.6 is 31.9 Å². The number of carbonyl (C=O) groups excluding carboxylic acids is 2. The Hall–Kier alpha value is -8.68. The number of methoxy groups -OCH3 is 3. The second-order valence-corrected chi connectivity index (χ2v) is 23.8. The Morgan fingerprint density at radius 3 is 1.54 bits per heavy atom. The van der Waals surface area contributed by atoms with Gasteiger partial charge in [0.25, 0.3) is 11.8 Å². The highest BCUT2D eigenvalue weighted by molar-refractivity contribution is 9.10. The Morgan fingerprint density at radius 1 is 0.579 bits per heavy atom. The van der Waals surface area contributed by atoms with Crippen LogP contribution in [0.2, 0.25) is 0 Å². The number of fused-ring (bicyclic) bond motifs is 10. The van der Waals surface area contributed by atoms with E-state index in [1.807, 2.05) is 97.5 Å². The van der Waals surface area contributed by atoms with Crippen LogP contribution in [0.1, 0.15) is 74.1 Å². The van der Waals surface area contributed by atoms with E-state index in [0.29, 0.717) is 115 Å². The van der Waals surface area contributed by atoms with Crippen LogP contribution in [-0.2, 0) is 36.6 Å². The number of anilines is 2. The van der Waals surface area contributed by atoms with Crippen LogP contribution < -0.4 is 35.0 Å². The molecule has 25 nitrogen and oxygen atoms in total. The van der Waals surface area contributed by atoms with E-state index in [-0.39, 0.29) is 18.4 Å². The van der Waals surface area contributed by atoms with Crippen molar-refractivity contribution in [2.45, 2.75) is 77.7 Å². The molecule has 0 spiro atoms. The molecule has 10 heterocycles. The van der Waals surface area contributed by atoms with Gasteiger partial charge in [0.2, 0.25) is 17.7 Å². The number of aliphatic hydroxyl groups is 1. The maximum Gasteiger partial charge on any atom is 0.494 e. The summed E-state index contributed by atoms with van der Waals surface area (Å²) in [5.41, 5.74) is 3.60. The number of rotatable bonds is 12. The van der Waals surface area contributed by atoms with Gasteiger partial charge in [0.05, 0.1) is 62.0 Å². The normalized spacial score (nSPS) is 14.5. The number of amides is 2. The maximum absolute atomic E-state index is 13.4. The lowest BCUT2D eigenvalue weighted by molar-refractivity contribution is 0.00578. The van der Waals surface area contributed by atoms with Crippen molar-refractivity contribution in [2.75, 3.05) is 84.8 Å². The molecule has 0 saturated carbocycles. The van der Waals surface area contributed by atoms with Crippen LogP contribution in [0.3, 0.4) is 0 Å². The Morgan fingerprint density at radius 2 is 1.07 bits per heavy atom. The van der Waals surface area contributed by atoms with E-state index >= 15 is 0 Å². The molecule has 7 aromatic heterocycles. The van der Waals surface area contributed by atoms with Gasteiger partial charge in [0, 0.05) is 79.7 Å². The van der Waals surface area contributed by atoms with Crippen LogP contribution in [0.15, 0.2) is 149 Å². The van der Waals surface area contributed by atoms with Crippen LogP contribution in [0.25, 0.3) is 34.2 Å². The van der Waals surface area contributed by atoms with Crippen LogP contribution in [0.4, 0.5) is 16.0 Å². The lowest BCUT2D eigenvalue weighted by Crippen LogP contribution is -2.41. The Labute approximate surface area is 567 Å². The first kappa shape index (κ1) is 72.2. The molecule has 1 fully saturated rings. The van der Waals surface area contributed by atoms with Gasteiger partial charge in [0.1, 0.15) is 60.4 Å². The first-order chi connectivity index (χ1) is 46.0. The third kappa shape index (κ3) is 21.4. The van der Waals surface area contributed by atoms with E-state index in [9.17, 15) is 14.0 Å². The van der Waals surface area contributed by atoms with Gasteiger partial charge < -0.3 is 67.3 Å². The van der Waals surface area contributed by atoms with Crippen molar-refractivity contribution in [2.24, 2.45) is 0 Å². The van der Waals surface area contributed by atoms with Crippen molar-refractivity contribution in [3.8, 4) is 57.4 Å². The minimum Gasteiger partial charge on any atom is -0.493 e. The quantitative estimate of drug-likeness (QED) is 0.0582. The van der Waals surface area contributed by atoms with Gasteiger partial charge in [-0.2, -0.15) is 4.39 Å². The van der Waals surface area contributed by atoms with E-state index in [1.165, 1.54) is 12.3 Å². The molecule has 1 saturated heterocycles. The number of halogens is 3. The molecule has 2 amide bonds. The number of pyridine rings is 5. The highest BCUT2D eigenvalue weighted by Gasteiger charge is 2.52. The van der Waals surface area contributed by atoms with Crippen LogP contribution in [0, 0.1) is 5.95 Å². The molecule has 3 N–H and O–H groups in total. The SMILES string of the molecule is CC1(C)OB(c2ccc3c(c2)C(=O)Nc2cccc(n2)-c2nncn2CCCCO3)OC1(C)C.COCCO.COCCOc1ccc(-c2ccc3c(c2)C(=O)Nc2cccc(n2)-c2nncn2CCCCO3)cn1.COCCOc1ccc(Br)cn1.Fc1ccc(Br)cn1. The molecule has 0 radical (unpaired) electrons. The van der Waals surface area contributed by atoms with Gasteiger partial charge in [-0.05, 0) is 169 Å². The van der Waals surface area contributed by atoms with Crippen molar-refractivity contribution < 1.29 is 61.6 Å². The maximum atomic E-state index is 13.4. The average molecular weight is 1430 g/mol. The van der Waals surface area contributed by atoms with E-state index in [1.54, 1.807) is 88.8 Å². The number of benzene rings is 2. The van der Waals surface area contributed by atoms with E-state index in [2.05, 4.69) is 92.5 Å². The number of ether oxygens (including phenoxy) is 7. The summed E-state index contributed by atoms with van der Waals surface area (Å²) in [5, 5.41) is 30.2. The summed E-state index contributed by atoms with van der Waals surface area (Å²) < 4.78 is 67.1. The average Bonchev–Trinajstić information content (AvgIpc) is 1.63. The standard InChI is InChI=1S/C26H26N6O4.C24H28BN5O4.C8H10BrNO2.C5H3BrFN.C3H8O2/c1-34-13-14-36-24-10-8-19(16-27-24)18-7-9-22-20(15-18)26(33)30-23-6-4-5-21(29-23)25-31-28-17-32(25)11-2-3-12-35-22;1-23(2)24(3,4)34-25(33-23)16-10-11-19-17(14-16)22(31)28-20-9-7-8-18(27-20)21-29-26-15-30(21)12-5-6-13-32-19;1-11-4-5-12-8-3-2-7(9)6-10-8;6-4-1-2-5(7)8-3-4;1-5-3-2-4/h4-10,15-17H,2-3,11-14H2,1H3,(H,29,30,33);7-11,14-15H,5-6,12-13H2,1-4H3,(H,27,28,31);2-3,6H,4-5H2,1H3;1-3H;4H,2-3H2,1H3. The van der Waals surface area contributed by atoms with Crippen molar-refractivity contribution >= 4 is 67.9 Å². The molecule has 0 atom stereocenters. The fourth-order valence-corrected chi connectivity index (χ4v) is 9.44. The second-order valence-electron chi connectivity index (χ2n) is 22.0. The minimum absolute atomic E-state index is 0.122. The summed E-state index contributed by atoms with van der Waals surface area (Å²) >= 11 is 6.40. The summed E-state index contributed by atoms with van der Waals surface area (Å²) in [7, 11) is 4.23. The zero-order valence-electron chi connectivity index (χ0n) is 53.7. The summed E-state index contributed by atoms with van der Waals surface area (Å²) in [6.07, 6.45) is 11.6. The first-order valence-electron chi connectivity index (χ1n) is 30.4. The number of carbonyl (C=O) groups is 2. The molecule has 95 heavy (non-hydrogen) atoms. The number of aryl methyl sites for hydroxylation is 2. The number of nitrogens with zero attached hydrogens (tertiary/aromatic N) is 11. The number of nitrogens with one attached hydrogen (secondary N) is 2. The van der Waals surface area contributed by atoms with Gasteiger partial charge in [-0.15, -0.1) is 20.4 Å². The monoisotopic (exact) mass is 1430 g/mol. The molecule has 3 aliphatic rings. The van der Waals surface area contributed by atoms with E-state index in [0.717, 1.165) is 64.3 Å². The number of aliphatic hydroxyl groups excluding tert-OH is 1. The van der Waals surface area contributed by atoms with Gasteiger partial charge in [0.15, 0.2) is 11.6 Å². The Bertz CT molecular complexity index is 3840.